The molecule has 7 heteroatoms. The molecule has 0 saturated heterocycles. The van der Waals surface area contributed by atoms with E-state index in [1.54, 1.807) is 43.3 Å². The van der Waals surface area contributed by atoms with Gasteiger partial charge in [0.1, 0.15) is 5.75 Å². The third-order valence-corrected chi connectivity index (χ3v) is 3.87. The van der Waals surface area contributed by atoms with Crippen molar-refractivity contribution in [1.82, 2.24) is 0 Å². The lowest BCUT2D eigenvalue weighted by atomic mass is 10.1. The van der Waals surface area contributed by atoms with E-state index in [0.29, 0.717) is 16.9 Å². The van der Waals surface area contributed by atoms with Crippen LogP contribution in [0.3, 0.4) is 0 Å². The summed E-state index contributed by atoms with van der Waals surface area (Å²) < 4.78 is 30.8. The van der Waals surface area contributed by atoms with E-state index in [4.69, 9.17) is 4.74 Å². The van der Waals surface area contributed by atoms with E-state index in [-0.39, 0.29) is 12.0 Å². The van der Waals surface area contributed by atoms with Crippen molar-refractivity contribution in [2.45, 2.75) is 26.9 Å². The molecule has 0 aromatic heterocycles. The SMILES string of the molecule is Cc1ccc(C(=O)Nc2ccc(OC(C)C)cc2)cc1NS(C)(=O)=O. The molecule has 0 aliphatic carbocycles. The van der Waals surface area contributed by atoms with Crippen LogP contribution in [0.15, 0.2) is 42.5 Å². The molecule has 0 aliphatic rings. The zero-order chi connectivity index (χ0) is 18.6. The van der Waals surface area contributed by atoms with Crippen molar-refractivity contribution < 1.29 is 17.9 Å². The van der Waals surface area contributed by atoms with E-state index in [1.165, 1.54) is 6.07 Å². The first-order chi connectivity index (χ1) is 11.6. The molecule has 2 rings (SSSR count). The molecule has 0 fully saturated rings. The summed E-state index contributed by atoms with van der Waals surface area (Å²) in [5.41, 5.74) is 2.10. The standard InChI is InChI=1S/C18H22N2O4S/c1-12(2)24-16-9-7-15(8-10-16)19-18(21)14-6-5-13(3)17(11-14)20-25(4,22)23/h5-12,20H,1-4H3,(H,19,21). The van der Waals surface area contributed by atoms with E-state index >= 15 is 0 Å². The maximum absolute atomic E-state index is 12.4. The van der Waals surface area contributed by atoms with Gasteiger partial charge in [0.2, 0.25) is 10.0 Å². The van der Waals surface area contributed by atoms with Crippen molar-refractivity contribution in [3.63, 3.8) is 0 Å². The zero-order valence-electron chi connectivity index (χ0n) is 14.7. The Bertz CT molecular complexity index is 859. The average molecular weight is 362 g/mol. The Hall–Kier alpha value is -2.54. The number of nitrogens with one attached hydrogen (secondary N) is 2. The fourth-order valence-corrected chi connectivity index (χ4v) is 2.78. The first kappa shape index (κ1) is 18.8. The van der Waals surface area contributed by atoms with E-state index in [2.05, 4.69) is 10.0 Å². The predicted molar refractivity (Wildman–Crippen MR) is 99.8 cm³/mol. The van der Waals surface area contributed by atoms with Gasteiger partial charge >= 0.3 is 0 Å². The highest BCUT2D eigenvalue weighted by Crippen LogP contribution is 2.20. The number of benzene rings is 2. The van der Waals surface area contributed by atoms with Crippen molar-refractivity contribution in [1.29, 1.82) is 0 Å². The van der Waals surface area contributed by atoms with E-state index < -0.39 is 10.0 Å². The molecule has 0 radical (unpaired) electrons. The average Bonchev–Trinajstić information content (AvgIpc) is 2.49. The number of aryl methyl sites for hydroxylation is 1. The first-order valence-electron chi connectivity index (χ1n) is 7.80. The van der Waals surface area contributed by atoms with Crippen LogP contribution in [0.25, 0.3) is 0 Å². The van der Waals surface area contributed by atoms with Gasteiger partial charge in [0.05, 0.1) is 18.0 Å². The molecule has 0 atom stereocenters. The molecule has 134 valence electrons. The summed E-state index contributed by atoms with van der Waals surface area (Å²) >= 11 is 0. The van der Waals surface area contributed by atoms with Gasteiger partial charge in [-0.3, -0.25) is 9.52 Å². The van der Waals surface area contributed by atoms with Crippen molar-refractivity contribution >= 4 is 27.3 Å². The lowest BCUT2D eigenvalue weighted by Crippen LogP contribution is -2.14. The highest BCUT2D eigenvalue weighted by molar-refractivity contribution is 7.92. The summed E-state index contributed by atoms with van der Waals surface area (Å²) in [7, 11) is -3.41. The summed E-state index contributed by atoms with van der Waals surface area (Å²) in [6, 6.07) is 11.9. The molecule has 0 heterocycles. The number of carbonyl (C=O) groups is 1. The number of ether oxygens (including phenoxy) is 1. The molecule has 0 spiro atoms. The fourth-order valence-electron chi connectivity index (χ4n) is 2.17. The maximum atomic E-state index is 12.4. The molecule has 2 aromatic rings. The van der Waals surface area contributed by atoms with Crippen molar-refractivity contribution in [3.05, 3.63) is 53.6 Å². The normalized spacial score (nSPS) is 11.2. The van der Waals surface area contributed by atoms with Crippen LogP contribution in [0, 0.1) is 6.92 Å². The van der Waals surface area contributed by atoms with Crippen LogP contribution in [-0.4, -0.2) is 26.7 Å². The molecule has 0 saturated carbocycles. The van der Waals surface area contributed by atoms with Crippen molar-refractivity contribution in [3.8, 4) is 5.75 Å². The third-order valence-electron chi connectivity index (χ3n) is 3.28. The summed E-state index contributed by atoms with van der Waals surface area (Å²) in [6.07, 6.45) is 1.15. The second-order valence-corrected chi connectivity index (χ2v) is 7.80. The van der Waals surface area contributed by atoms with Gasteiger partial charge < -0.3 is 10.1 Å². The second kappa shape index (κ2) is 7.57. The highest BCUT2D eigenvalue weighted by Gasteiger charge is 2.11. The van der Waals surface area contributed by atoms with Gasteiger partial charge in [0.25, 0.3) is 5.91 Å². The van der Waals surface area contributed by atoms with Gasteiger partial charge in [-0.1, -0.05) is 6.07 Å². The minimum Gasteiger partial charge on any atom is -0.491 e. The predicted octanol–water partition coefficient (Wildman–Crippen LogP) is 3.41. The Morgan fingerprint density at radius 2 is 1.72 bits per heavy atom. The maximum Gasteiger partial charge on any atom is 0.255 e. The number of carbonyl (C=O) groups excluding carboxylic acids is 1. The van der Waals surface area contributed by atoms with E-state index in [0.717, 1.165) is 17.6 Å². The largest absolute Gasteiger partial charge is 0.491 e. The molecule has 0 unspecified atom stereocenters. The second-order valence-electron chi connectivity index (χ2n) is 6.05. The Morgan fingerprint density at radius 1 is 1.08 bits per heavy atom. The Balaban J connectivity index is 2.14. The molecule has 2 N–H and O–H groups in total. The quantitative estimate of drug-likeness (QED) is 0.825. The summed E-state index contributed by atoms with van der Waals surface area (Å²) in [5, 5.41) is 2.78. The summed E-state index contributed by atoms with van der Waals surface area (Å²) in [4.78, 5) is 12.4. The Morgan fingerprint density at radius 3 is 2.28 bits per heavy atom. The number of hydrogen-bond donors (Lipinski definition) is 2. The summed E-state index contributed by atoms with van der Waals surface area (Å²) in [6.45, 7) is 5.65. The molecule has 2 aromatic carbocycles. The smallest absolute Gasteiger partial charge is 0.255 e. The minimum absolute atomic E-state index is 0.0776. The number of sulfonamides is 1. The molecule has 6 nitrogen and oxygen atoms in total. The molecular weight excluding hydrogens is 340 g/mol. The number of rotatable bonds is 6. The van der Waals surface area contributed by atoms with Crippen LogP contribution < -0.4 is 14.8 Å². The van der Waals surface area contributed by atoms with E-state index in [1.807, 2.05) is 13.8 Å². The van der Waals surface area contributed by atoms with Crippen LogP contribution in [0.5, 0.6) is 5.75 Å². The van der Waals surface area contributed by atoms with Gasteiger partial charge in [-0.05, 0) is 62.7 Å². The number of anilines is 2. The van der Waals surface area contributed by atoms with Crippen LogP contribution in [-0.2, 0) is 10.0 Å². The lowest BCUT2D eigenvalue weighted by Gasteiger charge is -2.12. The third kappa shape index (κ3) is 5.79. The molecule has 0 bridgehead atoms. The zero-order valence-corrected chi connectivity index (χ0v) is 15.5. The van der Waals surface area contributed by atoms with Gasteiger partial charge in [-0.15, -0.1) is 0 Å². The van der Waals surface area contributed by atoms with Crippen LogP contribution in [0.2, 0.25) is 0 Å². The lowest BCUT2D eigenvalue weighted by molar-refractivity contribution is 0.102. The van der Waals surface area contributed by atoms with Gasteiger partial charge in [-0.25, -0.2) is 8.42 Å². The molecular formula is C18H22N2O4S. The van der Waals surface area contributed by atoms with E-state index in [9.17, 15) is 13.2 Å². The van der Waals surface area contributed by atoms with Crippen LogP contribution >= 0.6 is 0 Å². The van der Waals surface area contributed by atoms with Crippen molar-refractivity contribution in [2.75, 3.05) is 16.3 Å². The fraction of sp³-hybridized carbons (Fsp3) is 0.278. The Labute approximate surface area is 148 Å². The molecule has 0 aliphatic heterocycles. The topological polar surface area (TPSA) is 84.5 Å². The van der Waals surface area contributed by atoms with Crippen LogP contribution in [0.1, 0.15) is 29.8 Å². The van der Waals surface area contributed by atoms with Gasteiger partial charge in [0.15, 0.2) is 0 Å². The molecule has 1 amide bonds. The van der Waals surface area contributed by atoms with Crippen LogP contribution in [0.4, 0.5) is 11.4 Å². The van der Waals surface area contributed by atoms with Gasteiger partial charge in [-0.2, -0.15) is 0 Å². The van der Waals surface area contributed by atoms with Crippen molar-refractivity contribution in [2.24, 2.45) is 0 Å². The Kier molecular flexibility index (Phi) is 5.69. The van der Waals surface area contributed by atoms with Gasteiger partial charge in [0, 0.05) is 11.3 Å². The number of amides is 1. The summed E-state index contributed by atoms with van der Waals surface area (Å²) in [5.74, 6) is 0.400. The minimum atomic E-state index is -3.41. The number of hydrogen-bond acceptors (Lipinski definition) is 4. The first-order valence-corrected chi connectivity index (χ1v) is 9.70. The highest BCUT2D eigenvalue weighted by atomic mass is 32.2. The molecule has 25 heavy (non-hydrogen) atoms. The monoisotopic (exact) mass is 362 g/mol.